The van der Waals surface area contributed by atoms with Crippen LogP contribution in [0.5, 0.6) is 0 Å². The average Bonchev–Trinajstić information content (AvgIpc) is 2.98. The van der Waals surface area contributed by atoms with Crippen molar-refractivity contribution in [3.63, 3.8) is 0 Å². The summed E-state index contributed by atoms with van der Waals surface area (Å²) in [6, 6.07) is 4.36. The van der Waals surface area contributed by atoms with E-state index in [0.717, 1.165) is 12.8 Å². The van der Waals surface area contributed by atoms with Crippen LogP contribution in [-0.4, -0.2) is 30.9 Å². The molecule has 21 heavy (non-hydrogen) atoms. The second kappa shape index (κ2) is 7.24. The largest absolute Gasteiger partial charge is 0.341 e. The van der Waals surface area contributed by atoms with Gasteiger partial charge in [0.1, 0.15) is 5.82 Å². The molecule has 1 fully saturated rings. The van der Waals surface area contributed by atoms with E-state index in [4.69, 9.17) is 5.73 Å². The molecule has 0 aromatic heterocycles. The fourth-order valence-corrected chi connectivity index (χ4v) is 2.79. The highest BCUT2D eigenvalue weighted by molar-refractivity contribution is 5.94. The Hall–Kier alpha value is -1.86. The zero-order valence-corrected chi connectivity index (χ0v) is 12.4. The van der Waals surface area contributed by atoms with Gasteiger partial charge < -0.3 is 10.6 Å². The van der Waals surface area contributed by atoms with Crippen molar-refractivity contribution >= 4 is 5.91 Å². The number of nitrogens with zero attached hydrogens (tertiary/aromatic N) is 1. The van der Waals surface area contributed by atoms with Gasteiger partial charge in [0.2, 0.25) is 0 Å². The summed E-state index contributed by atoms with van der Waals surface area (Å²) in [6.45, 7) is 0.930. The number of carbonyl (C=O) groups is 1. The molecule has 0 aliphatic heterocycles. The molecule has 0 bridgehead atoms. The van der Waals surface area contributed by atoms with Crippen molar-refractivity contribution < 1.29 is 9.18 Å². The van der Waals surface area contributed by atoms with Crippen LogP contribution in [0.15, 0.2) is 18.2 Å². The molecule has 4 heteroatoms. The molecule has 0 heterocycles. The predicted molar refractivity (Wildman–Crippen MR) is 81.3 cm³/mol. The summed E-state index contributed by atoms with van der Waals surface area (Å²) in [5.74, 6) is 5.29. The van der Waals surface area contributed by atoms with Gasteiger partial charge in [0.25, 0.3) is 5.91 Å². The molecule has 0 atom stereocenters. The van der Waals surface area contributed by atoms with Crippen LogP contribution < -0.4 is 5.73 Å². The van der Waals surface area contributed by atoms with Gasteiger partial charge in [-0.05, 0) is 37.0 Å². The molecule has 3 nitrogen and oxygen atoms in total. The molecular weight excluding hydrogens is 267 g/mol. The molecule has 1 amide bonds. The van der Waals surface area contributed by atoms with Gasteiger partial charge in [-0.1, -0.05) is 24.7 Å². The lowest BCUT2D eigenvalue weighted by Crippen LogP contribution is -2.31. The van der Waals surface area contributed by atoms with Gasteiger partial charge in [0, 0.05) is 19.2 Å². The Morgan fingerprint density at radius 3 is 2.81 bits per heavy atom. The number of rotatable bonds is 3. The average molecular weight is 288 g/mol. The zero-order valence-electron chi connectivity index (χ0n) is 12.4. The fraction of sp³-hybridized carbons (Fsp3) is 0.471. The van der Waals surface area contributed by atoms with Crippen LogP contribution in [0.4, 0.5) is 4.39 Å². The van der Waals surface area contributed by atoms with Gasteiger partial charge in [0.05, 0.1) is 12.1 Å². The third-order valence-corrected chi connectivity index (χ3v) is 3.89. The second-order valence-electron chi connectivity index (χ2n) is 5.54. The van der Waals surface area contributed by atoms with E-state index in [-0.39, 0.29) is 18.0 Å². The quantitative estimate of drug-likeness (QED) is 0.868. The summed E-state index contributed by atoms with van der Waals surface area (Å²) in [5.41, 5.74) is 6.01. The first-order valence-corrected chi connectivity index (χ1v) is 7.35. The lowest BCUT2D eigenvalue weighted by Gasteiger charge is -2.21. The van der Waals surface area contributed by atoms with Crippen molar-refractivity contribution in [1.82, 2.24) is 4.90 Å². The first-order valence-electron chi connectivity index (χ1n) is 7.35. The van der Waals surface area contributed by atoms with Crippen LogP contribution >= 0.6 is 0 Å². The Morgan fingerprint density at radius 2 is 2.14 bits per heavy atom. The molecule has 1 aliphatic carbocycles. The van der Waals surface area contributed by atoms with E-state index < -0.39 is 5.82 Å². The van der Waals surface area contributed by atoms with Crippen LogP contribution in [-0.2, 0) is 0 Å². The summed E-state index contributed by atoms with van der Waals surface area (Å²) in [6.07, 6.45) is 4.76. The summed E-state index contributed by atoms with van der Waals surface area (Å²) in [7, 11) is 1.73. The second-order valence-corrected chi connectivity index (χ2v) is 5.54. The summed E-state index contributed by atoms with van der Waals surface area (Å²) in [5, 5.41) is 0. The van der Waals surface area contributed by atoms with E-state index in [0.29, 0.717) is 18.0 Å². The van der Waals surface area contributed by atoms with E-state index in [1.165, 1.54) is 25.0 Å². The number of amides is 1. The number of hydrogen-bond acceptors (Lipinski definition) is 2. The summed E-state index contributed by atoms with van der Waals surface area (Å²) >= 11 is 0. The van der Waals surface area contributed by atoms with Crippen molar-refractivity contribution in [3.8, 4) is 11.8 Å². The standard InChI is InChI=1S/C17H21FN2O/c1-20(12-14-5-2-3-6-14)17(21)15-11-13(7-4-10-19)8-9-16(15)18/h8-9,11,14H,2-3,5-6,10,12,19H2,1H3. The minimum absolute atomic E-state index is 0.0827. The molecule has 1 aliphatic rings. The van der Waals surface area contributed by atoms with E-state index in [9.17, 15) is 9.18 Å². The Kier molecular flexibility index (Phi) is 5.35. The topological polar surface area (TPSA) is 46.3 Å². The van der Waals surface area contributed by atoms with Crippen molar-refractivity contribution in [2.75, 3.05) is 20.1 Å². The monoisotopic (exact) mass is 288 g/mol. The molecule has 0 radical (unpaired) electrons. The van der Waals surface area contributed by atoms with Gasteiger partial charge in [-0.25, -0.2) is 4.39 Å². The van der Waals surface area contributed by atoms with Gasteiger partial charge in [-0.3, -0.25) is 4.79 Å². The molecule has 112 valence electrons. The number of benzene rings is 1. The number of nitrogens with two attached hydrogens (primary N) is 1. The highest BCUT2D eigenvalue weighted by atomic mass is 19.1. The highest BCUT2D eigenvalue weighted by Crippen LogP contribution is 2.25. The van der Waals surface area contributed by atoms with Crippen LogP contribution in [0, 0.1) is 23.6 Å². The highest BCUT2D eigenvalue weighted by Gasteiger charge is 2.22. The van der Waals surface area contributed by atoms with Crippen molar-refractivity contribution in [3.05, 3.63) is 35.1 Å². The molecule has 0 unspecified atom stereocenters. The normalized spacial score (nSPS) is 14.6. The molecule has 0 saturated heterocycles. The van der Waals surface area contributed by atoms with E-state index in [1.54, 1.807) is 18.0 Å². The van der Waals surface area contributed by atoms with Crippen molar-refractivity contribution in [2.24, 2.45) is 11.7 Å². The molecule has 2 rings (SSSR count). The summed E-state index contributed by atoms with van der Waals surface area (Å²) < 4.78 is 13.9. The summed E-state index contributed by atoms with van der Waals surface area (Å²) in [4.78, 5) is 14.0. The van der Waals surface area contributed by atoms with Crippen LogP contribution in [0.2, 0.25) is 0 Å². The Balaban J connectivity index is 2.13. The number of hydrogen-bond donors (Lipinski definition) is 1. The maximum Gasteiger partial charge on any atom is 0.256 e. The molecule has 1 saturated carbocycles. The first-order chi connectivity index (χ1) is 10.1. The third kappa shape index (κ3) is 4.05. The van der Waals surface area contributed by atoms with Crippen LogP contribution in [0.1, 0.15) is 41.6 Å². The minimum atomic E-state index is -0.503. The smallest absolute Gasteiger partial charge is 0.256 e. The molecule has 0 spiro atoms. The lowest BCUT2D eigenvalue weighted by atomic mass is 10.1. The molecular formula is C17H21FN2O. The van der Waals surface area contributed by atoms with Gasteiger partial charge in [-0.15, -0.1) is 0 Å². The van der Waals surface area contributed by atoms with Crippen LogP contribution in [0.25, 0.3) is 0 Å². The van der Waals surface area contributed by atoms with Gasteiger partial charge in [0.15, 0.2) is 0 Å². The maximum atomic E-state index is 13.9. The Morgan fingerprint density at radius 1 is 1.43 bits per heavy atom. The van der Waals surface area contributed by atoms with Crippen molar-refractivity contribution in [2.45, 2.75) is 25.7 Å². The van der Waals surface area contributed by atoms with E-state index in [1.807, 2.05) is 0 Å². The fourth-order valence-electron chi connectivity index (χ4n) is 2.79. The molecule has 2 N–H and O–H groups in total. The van der Waals surface area contributed by atoms with E-state index >= 15 is 0 Å². The zero-order chi connectivity index (χ0) is 15.2. The maximum absolute atomic E-state index is 13.9. The Bertz CT molecular complexity index is 568. The van der Waals surface area contributed by atoms with Crippen LogP contribution in [0.3, 0.4) is 0 Å². The molecule has 1 aromatic carbocycles. The van der Waals surface area contributed by atoms with Gasteiger partial charge in [-0.2, -0.15) is 0 Å². The SMILES string of the molecule is CN(CC1CCCC1)C(=O)c1cc(C#CCN)ccc1F. The first kappa shape index (κ1) is 15.5. The van der Waals surface area contributed by atoms with Crippen molar-refractivity contribution in [1.29, 1.82) is 0 Å². The predicted octanol–water partition coefficient (Wildman–Crippen LogP) is 2.40. The van der Waals surface area contributed by atoms with E-state index in [2.05, 4.69) is 11.8 Å². The minimum Gasteiger partial charge on any atom is -0.341 e. The lowest BCUT2D eigenvalue weighted by molar-refractivity contribution is 0.0768. The number of carbonyl (C=O) groups excluding carboxylic acids is 1. The molecule has 1 aromatic rings. The number of halogens is 1. The van der Waals surface area contributed by atoms with Gasteiger partial charge >= 0.3 is 0 Å². The third-order valence-electron chi connectivity index (χ3n) is 3.89. The Labute approximate surface area is 125 Å².